The topological polar surface area (TPSA) is 92.7 Å². The predicted octanol–water partition coefficient (Wildman–Crippen LogP) is 4.51. The van der Waals surface area contributed by atoms with Crippen LogP contribution in [-0.4, -0.2) is 65.4 Å². The zero-order chi connectivity index (χ0) is 28.0. The smallest absolute Gasteiger partial charge is 0.308 e. The molecule has 1 N–H and O–H groups in total. The molecule has 8 heteroatoms. The van der Waals surface area contributed by atoms with Crippen LogP contribution in [0.5, 0.6) is 0 Å². The molecule has 5 atom stereocenters. The molecule has 0 radical (unpaired) electrons. The SMILES string of the molecule is CC(C)(C)OC(=O)C[C@@H]1C[C@H]([C@H](O)C#C[C@@H]2C[C@H](CCOCc3ccccc3)OC(C)(C)O2)OC(C)(C)O1. The first kappa shape index (κ1) is 30.6. The van der Waals surface area contributed by atoms with E-state index in [9.17, 15) is 9.90 Å². The number of esters is 1. The van der Waals surface area contributed by atoms with Gasteiger partial charge in [-0.25, -0.2) is 0 Å². The Morgan fingerprint density at radius 1 is 1.03 bits per heavy atom. The van der Waals surface area contributed by atoms with Gasteiger partial charge in [0.05, 0.1) is 25.2 Å². The highest BCUT2D eigenvalue weighted by Gasteiger charge is 2.40. The Morgan fingerprint density at radius 3 is 2.37 bits per heavy atom. The molecule has 0 amide bonds. The number of aliphatic hydroxyl groups excluding tert-OH is 1. The molecule has 2 aliphatic rings. The Morgan fingerprint density at radius 2 is 1.68 bits per heavy atom. The number of benzene rings is 1. The van der Waals surface area contributed by atoms with E-state index in [0.29, 0.717) is 32.5 Å². The van der Waals surface area contributed by atoms with E-state index in [-0.39, 0.29) is 18.5 Å². The highest BCUT2D eigenvalue weighted by Crippen LogP contribution is 2.31. The third-order valence-corrected chi connectivity index (χ3v) is 5.99. The number of carbonyl (C=O) groups is 1. The van der Waals surface area contributed by atoms with Gasteiger partial charge in [-0.3, -0.25) is 4.79 Å². The monoisotopic (exact) mass is 532 g/mol. The van der Waals surface area contributed by atoms with Crippen molar-refractivity contribution in [1.29, 1.82) is 0 Å². The summed E-state index contributed by atoms with van der Waals surface area (Å²) in [6.45, 7) is 13.8. The Hall–Kier alpha value is -1.99. The van der Waals surface area contributed by atoms with Crippen LogP contribution in [0.25, 0.3) is 0 Å². The van der Waals surface area contributed by atoms with E-state index in [1.165, 1.54) is 0 Å². The van der Waals surface area contributed by atoms with Crippen molar-refractivity contribution in [3.05, 3.63) is 35.9 Å². The third-order valence-electron chi connectivity index (χ3n) is 5.99. The fourth-order valence-electron chi connectivity index (χ4n) is 4.66. The molecule has 3 rings (SSSR count). The molecule has 2 fully saturated rings. The lowest BCUT2D eigenvalue weighted by molar-refractivity contribution is -0.309. The minimum absolute atomic E-state index is 0.0754. The maximum atomic E-state index is 12.3. The number of ether oxygens (including phenoxy) is 6. The van der Waals surface area contributed by atoms with Crippen molar-refractivity contribution in [3.8, 4) is 11.8 Å². The van der Waals surface area contributed by atoms with Crippen LogP contribution in [0.1, 0.15) is 79.7 Å². The fraction of sp³-hybridized carbons (Fsp3) is 0.700. The van der Waals surface area contributed by atoms with Gasteiger partial charge in [0.15, 0.2) is 11.6 Å². The van der Waals surface area contributed by atoms with Gasteiger partial charge < -0.3 is 33.5 Å². The molecule has 0 spiro atoms. The summed E-state index contributed by atoms with van der Waals surface area (Å²) in [5, 5.41) is 10.9. The normalized spacial score (nSPS) is 27.6. The number of carbonyl (C=O) groups excluding carboxylic acids is 1. The minimum Gasteiger partial charge on any atom is -0.460 e. The summed E-state index contributed by atoms with van der Waals surface area (Å²) in [4.78, 5) is 12.3. The molecule has 0 bridgehead atoms. The van der Waals surface area contributed by atoms with Gasteiger partial charge in [-0.05, 0) is 60.5 Å². The minimum atomic E-state index is -1.07. The number of hydrogen-bond acceptors (Lipinski definition) is 8. The lowest BCUT2D eigenvalue weighted by Gasteiger charge is -2.41. The van der Waals surface area contributed by atoms with Gasteiger partial charge in [0.2, 0.25) is 0 Å². The molecule has 0 aromatic heterocycles. The zero-order valence-electron chi connectivity index (χ0n) is 23.8. The van der Waals surface area contributed by atoms with Crippen LogP contribution in [0, 0.1) is 11.8 Å². The van der Waals surface area contributed by atoms with Crippen molar-refractivity contribution in [1.82, 2.24) is 0 Å². The summed E-state index contributed by atoms with van der Waals surface area (Å²) in [5.41, 5.74) is 0.552. The van der Waals surface area contributed by atoms with Crippen LogP contribution >= 0.6 is 0 Å². The van der Waals surface area contributed by atoms with Crippen LogP contribution in [-0.2, 0) is 39.8 Å². The molecule has 1 aromatic rings. The highest BCUT2D eigenvalue weighted by atomic mass is 16.7. The van der Waals surface area contributed by atoms with E-state index in [1.54, 1.807) is 13.8 Å². The molecule has 2 heterocycles. The molecule has 0 aliphatic carbocycles. The van der Waals surface area contributed by atoms with Gasteiger partial charge in [0.25, 0.3) is 0 Å². The first-order chi connectivity index (χ1) is 17.7. The summed E-state index contributed by atoms with van der Waals surface area (Å²) in [7, 11) is 0. The van der Waals surface area contributed by atoms with E-state index in [4.69, 9.17) is 28.4 Å². The third kappa shape index (κ3) is 10.6. The average Bonchev–Trinajstić information content (AvgIpc) is 2.77. The van der Waals surface area contributed by atoms with Gasteiger partial charge in [0.1, 0.15) is 23.9 Å². The maximum absolute atomic E-state index is 12.3. The van der Waals surface area contributed by atoms with Crippen molar-refractivity contribution in [2.24, 2.45) is 0 Å². The Kier molecular flexibility index (Phi) is 10.4. The summed E-state index contributed by atoms with van der Waals surface area (Å²) in [6, 6.07) is 10.0. The summed E-state index contributed by atoms with van der Waals surface area (Å²) in [5.74, 6) is 3.87. The molecule has 1 aromatic carbocycles. The van der Waals surface area contributed by atoms with Crippen LogP contribution in [0.15, 0.2) is 30.3 Å². The molecular weight excluding hydrogens is 488 g/mol. The quantitative estimate of drug-likeness (QED) is 0.297. The van der Waals surface area contributed by atoms with Crippen molar-refractivity contribution in [2.75, 3.05) is 6.61 Å². The first-order valence-electron chi connectivity index (χ1n) is 13.4. The lowest BCUT2D eigenvalue weighted by Crippen LogP contribution is -2.49. The van der Waals surface area contributed by atoms with E-state index in [1.807, 2.05) is 65.0 Å². The summed E-state index contributed by atoms with van der Waals surface area (Å²) < 4.78 is 35.2. The van der Waals surface area contributed by atoms with Crippen LogP contribution < -0.4 is 0 Å². The average molecular weight is 533 g/mol. The number of rotatable bonds is 8. The van der Waals surface area contributed by atoms with Gasteiger partial charge in [-0.1, -0.05) is 42.2 Å². The maximum Gasteiger partial charge on any atom is 0.308 e. The molecule has 38 heavy (non-hydrogen) atoms. The van der Waals surface area contributed by atoms with Crippen LogP contribution in [0.3, 0.4) is 0 Å². The molecule has 8 nitrogen and oxygen atoms in total. The predicted molar refractivity (Wildman–Crippen MR) is 142 cm³/mol. The Bertz CT molecular complexity index is 956. The Balaban J connectivity index is 1.54. The molecule has 2 aliphatic heterocycles. The van der Waals surface area contributed by atoms with Gasteiger partial charge in [0, 0.05) is 19.4 Å². The second-order valence-corrected chi connectivity index (χ2v) is 11.9. The van der Waals surface area contributed by atoms with Gasteiger partial charge in [-0.15, -0.1) is 0 Å². The standard InChI is InChI=1S/C30H44O8/c1-28(2,3)38-27(32)19-24-18-26(37-30(6,7)36-24)25(31)14-13-22-17-23(35-29(4,5)34-22)15-16-33-20-21-11-9-8-10-12-21/h8-12,22-26,31H,15-20H2,1-7H3/t22-,23+,24+,25-,26-/m1/s1. The van der Waals surface area contributed by atoms with E-state index in [2.05, 4.69) is 11.8 Å². The second-order valence-electron chi connectivity index (χ2n) is 11.9. The first-order valence-corrected chi connectivity index (χ1v) is 13.4. The molecule has 2 saturated heterocycles. The van der Waals surface area contributed by atoms with Gasteiger partial charge in [-0.2, -0.15) is 0 Å². The summed E-state index contributed by atoms with van der Waals surface area (Å²) >= 11 is 0. The van der Waals surface area contributed by atoms with Crippen LogP contribution in [0.4, 0.5) is 0 Å². The number of hydrogen-bond donors (Lipinski definition) is 1. The van der Waals surface area contributed by atoms with Crippen molar-refractivity contribution in [3.63, 3.8) is 0 Å². The lowest BCUT2D eigenvalue weighted by atomic mass is 10.0. The summed E-state index contributed by atoms with van der Waals surface area (Å²) in [6.07, 6.45) is -0.945. The van der Waals surface area contributed by atoms with Crippen molar-refractivity contribution >= 4 is 5.97 Å². The van der Waals surface area contributed by atoms with Crippen molar-refractivity contribution in [2.45, 2.75) is 128 Å². The highest BCUT2D eigenvalue weighted by molar-refractivity contribution is 5.70. The zero-order valence-corrected chi connectivity index (χ0v) is 23.8. The molecule has 0 unspecified atom stereocenters. The Labute approximate surface area is 227 Å². The number of aliphatic hydroxyl groups is 1. The van der Waals surface area contributed by atoms with Crippen LogP contribution in [0.2, 0.25) is 0 Å². The van der Waals surface area contributed by atoms with Gasteiger partial charge >= 0.3 is 5.97 Å². The van der Waals surface area contributed by atoms with Crippen molar-refractivity contribution < 1.29 is 38.3 Å². The van der Waals surface area contributed by atoms with E-state index >= 15 is 0 Å². The second kappa shape index (κ2) is 12.9. The largest absolute Gasteiger partial charge is 0.460 e. The molecule has 0 saturated carbocycles. The molecule has 212 valence electrons. The van der Waals surface area contributed by atoms with E-state index in [0.717, 1.165) is 5.56 Å². The molecular formula is C30H44O8. The van der Waals surface area contributed by atoms with E-state index < -0.39 is 41.6 Å². The fourth-order valence-corrected chi connectivity index (χ4v) is 4.66.